The largest absolute Gasteiger partial charge is 0.460 e. The minimum absolute atomic E-state index is 0.0420. The first-order chi connectivity index (χ1) is 16.9. The zero-order chi connectivity index (χ0) is 26.0. The Bertz CT molecular complexity index is 869. The van der Waals surface area contributed by atoms with Crippen LogP contribution >= 0.6 is 0 Å². The van der Waals surface area contributed by atoms with Crippen molar-refractivity contribution in [2.45, 2.75) is 137 Å². The van der Waals surface area contributed by atoms with Crippen LogP contribution in [0.15, 0.2) is 0 Å². The van der Waals surface area contributed by atoms with E-state index in [2.05, 4.69) is 34.6 Å². The average Bonchev–Trinajstić information content (AvgIpc) is 3.40. The molecule has 0 aromatic heterocycles. The first kappa shape index (κ1) is 26.5. The van der Waals surface area contributed by atoms with Gasteiger partial charge in [0.05, 0.1) is 6.10 Å². The molecule has 0 unspecified atom stereocenters. The lowest BCUT2D eigenvalue weighted by molar-refractivity contribution is -0.224. The van der Waals surface area contributed by atoms with E-state index in [4.69, 9.17) is 14.2 Å². The van der Waals surface area contributed by atoms with E-state index in [1.807, 2.05) is 0 Å². The molecule has 2 saturated heterocycles. The Morgan fingerprint density at radius 1 is 0.944 bits per heavy atom. The van der Waals surface area contributed by atoms with E-state index < -0.39 is 5.60 Å². The quantitative estimate of drug-likeness (QED) is 0.362. The molecule has 3 aliphatic carbocycles. The molecule has 5 rings (SSSR count). The predicted octanol–water partition coefficient (Wildman–Crippen LogP) is 6.71. The van der Waals surface area contributed by atoms with Gasteiger partial charge < -0.3 is 14.2 Å². The number of hydrogen-bond donors (Lipinski definition) is 0. The molecular formula is C31H50O5. The highest BCUT2D eigenvalue weighted by atomic mass is 16.6. The van der Waals surface area contributed by atoms with E-state index in [1.54, 1.807) is 0 Å². The van der Waals surface area contributed by atoms with Crippen molar-refractivity contribution >= 4 is 11.9 Å². The summed E-state index contributed by atoms with van der Waals surface area (Å²) in [5.74, 6) is 3.76. The van der Waals surface area contributed by atoms with Crippen LogP contribution in [0.2, 0.25) is 0 Å². The Labute approximate surface area is 218 Å². The Balaban J connectivity index is 1.39. The van der Waals surface area contributed by atoms with Gasteiger partial charge >= 0.3 is 11.9 Å². The molecule has 0 amide bonds. The van der Waals surface area contributed by atoms with Crippen LogP contribution in [0.3, 0.4) is 0 Å². The maximum absolute atomic E-state index is 12.3. The maximum Gasteiger partial charge on any atom is 0.303 e. The van der Waals surface area contributed by atoms with Gasteiger partial charge in [-0.25, -0.2) is 0 Å². The van der Waals surface area contributed by atoms with Crippen molar-refractivity contribution in [2.24, 2.45) is 46.3 Å². The molecule has 0 radical (unpaired) electrons. The molecule has 1 spiro atoms. The molecule has 2 bridgehead atoms. The van der Waals surface area contributed by atoms with E-state index in [0.717, 1.165) is 30.6 Å². The van der Waals surface area contributed by atoms with Gasteiger partial charge in [0, 0.05) is 25.7 Å². The second-order valence-electron chi connectivity index (χ2n) is 14.3. The highest BCUT2D eigenvalue weighted by Gasteiger charge is 2.76. The molecule has 2 aliphatic heterocycles. The van der Waals surface area contributed by atoms with Crippen molar-refractivity contribution in [1.82, 2.24) is 0 Å². The molecule has 0 N–H and O–H groups in total. The van der Waals surface area contributed by atoms with Crippen LogP contribution < -0.4 is 0 Å². The van der Waals surface area contributed by atoms with Gasteiger partial charge in [0.15, 0.2) is 0 Å². The van der Waals surface area contributed by atoms with E-state index in [1.165, 1.54) is 58.8 Å². The molecule has 5 aliphatic rings. The summed E-state index contributed by atoms with van der Waals surface area (Å²) < 4.78 is 18.6. The molecule has 5 heteroatoms. The van der Waals surface area contributed by atoms with Crippen molar-refractivity contribution in [3.05, 3.63) is 0 Å². The molecule has 0 aromatic carbocycles. The summed E-state index contributed by atoms with van der Waals surface area (Å²) >= 11 is 0. The number of carbonyl (C=O) groups excluding carboxylic acids is 2. The molecule has 0 aromatic rings. The van der Waals surface area contributed by atoms with E-state index in [-0.39, 0.29) is 35.7 Å². The topological polar surface area (TPSA) is 61.8 Å². The lowest BCUT2D eigenvalue weighted by Gasteiger charge is -2.62. The Hall–Kier alpha value is -1.10. The Kier molecular flexibility index (Phi) is 6.83. The molecule has 5 fully saturated rings. The van der Waals surface area contributed by atoms with E-state index in [0.29, 0.717) is 29.6 Å². The van der Waals surface area contributed by atoms with Crippen LogP contribution in [0.25, 0.3) is 0 Å². The van der Waals surface area contributed by atoms with Crippen LogP contribution in [0.4, 0.5) is 0 Å². The van der Waals surface area contributed by atoms with Gasteiger partial charge in [-0.1, -0.05) is 53.9 Å². The van der Waals surface area contributed by atoms with Crippen molar-refractivity contribution in [3.63, 3.8) is 0 Å². The fourth-order valence-corrected chi connectivity index (χ4v) is 10.5. The van der Waals surface area contributed by atoms with Gasteiger partial charge in [0.25, 0.3) is 0 Å². The molecule has 5 nitrogen and oxygen atoms in total. The van der Waals surface area contributed by atoms with Crippen molar-refractivity contribution < 1.29 is 23.8 Å². The van der Waals surface area contributed by atoms with Crippen LogP contribution in [-0.4, -0.2) is 35.9 Å². The lowest BCUT2D eigenvalue weighted by Crippen LogP contribution is -2.66. The predicted molar refractivity (Wildman–Crippen MR) is 139 cm³/mol. The Morgan fingerprint density at radius 3 is 2.33 bits per heavy atom. The summed E-state index contributed by atoms with van der Waals surface area (Å²) in [5.41, 5.74) is -0.182. The molecular weight excluding hydrogens is 452 g/mol. The standard InChI is InChI=1S/C31H50O5/c1-18(2)9-8-10-19(3)23-11-12-24-22-15-28(35-21(5)33)31-17-26(34-20(4)32)27(36-31)16-30(31,7)25(22)13-14-29(23,24)6/h18-19,22-28H,8-17H2,1-7H3/t19-,22+,23-,24+,25+,26+,27-,28-,29-,30-,31+/m1/s1. The molecule has 11 atom stereocenters. The number of rotatable bonds is 7. The lowest BCUT2D eigenvalue weighted by atomic mass is 9.43. The first-order valence-corrected chi connectivity index (χ1v) is 14.9. The molecule has 3 saturated carbocycles. The number of ether oxygens (including phenoxy) is 3. The Morgan fingerprint density at radius 2 is 1.67 bits per heavy atom. The minimum atomic E-state index is -0.527. The van der Waals surface area contributed by atoms with Gasteiger partial charge in [-0.3, -0.25) is 9.59 Å². The van der Waals surface area contributed by atoms with Crippen molar-refractivity contribution in [2.75, 3.05) is 0 Å². The number of esters is 2. The number of hydrogen-bond acceptors (Lipinski definition) is 5. The first-order valence-electron chi connectivity index (χ1n) is 14.9. The zero-order valence-corrected chi connectivity index (χ0v) is 23.8. The normalized spacial score (nSPS) is 47.7. The zero-order valence-electron chi connectivity index (χ0n) is 23.8. The van der Waals surface area contributed by atoms with Gasteiger partial charge in [-0.05, 0) is 79.4 Å². The third kappa shape index (κ3) is 3.96. The van der Waals surface area contributed by atoms with Crippen LogP contribution in [0, 0.1) is 46.3 Å². The van der Waals surface area contributed by atoms with Gasteiger partial charge in [-0.2, -0.15) is 0 Å². The van der Waals surface area contributed by atoms with E-state index >= 15 is 0 Å². The van der Waals surface area contributed by atoms with Crippen LogP contribution in [0.5, 0.6) is 0 Å². The summed E-state index contributed by atoms with van der Waals surface area (Å²) in [5, 5.41) is 0. The molecule has 2 heterocycles. The summed E-state index contributed by atoms with van der Waals surface area (Å²) in [7, 11) is 0. The SMILES string of the molecule is CC(=O)O[C@H]1C[C@@]23O[C@@H]1C[C@]2(C)[C@H]1CC[C@]2(C)[C@@H]([C@H](C)CCCC(C)C)CC[C@H]2[C@@H]1C[C@H]3OC(C)=O. The smallest absolute Gasteiger partial charge is 0.303 e. The highest BCUT2D eigenvalue weighted by molar-refractivity contribution is 5.67. The number of carbonyl (C=O) groups is 2. The maximum atomic E-state index is 12.3. The van der Waals surface area contributed by atoms with Crippen molar-refractivity contribution in [3.8, 4) is 0 Å². The second-order valence-corrected chi connectivity index (χ2v) is 14.3. The van der Waals surface area contributed by atoms with Crippen LogP contribution in [0.1, 0.15) is 113 Å². The summed E-state index contributed by atoms with van der Waals surface area (Å²) in [6, 6.07) is 0. The van der Waals surface area contributed by atoms with Crippen molar-refractivity contribution in [1.29, 1.82) is 0 Å². The summed E-state index contributed by atoms with van der Waals surface area (Å²) in [4.78, 5) is 24.1. The fraction of sp³-hybridized carbons (Fsp3) is 0.935. The molecule has 36 heavy (non-hydrogen) atoms. The molecule has 204 valence electrons. The number of fused-ring (bicyclic) bond motifs is 5. The second kappa shape index (κ2) is 9.27. The third-order valence-electron chi connectivity index (χ3n) is 12.0. The summed E-state index contributed by atoms with van der Waals surface area (Å²) in [6.45, 7) is 15.2. The average molecular weight is 503 g/mol. The third-order valence-corrected chi connectivity index (χ3v) is 12.0. The van der Waals surface area contributed by atoms with Gasteiger partial charge in [-0.15, -0.1) is 0 Å². The van der Waals surface area contributed by atoms with Crippen LogP contribution in [-0.2, 0) is 23.8 Å². The van der Waals surface area contributed by atoms with E-state index in [9.17, 15) is 9.59 Å². The minimum Gasteiger partial charge on any atom is -0.460 e. The monoisotopic (exact) mass is 502 g/mol. The highest BCUT2D eigenvalue weighted by Crippen LogP contribution is 2.73. The van der Waals surface area contributed by atoms with Gasteiger partial charge in [0.1, 0.15) is 17.8 Å². The summed E-state index contributed by atoms with van der Waals surface area (Å²) in [6.07, 6.45) is 11.1. The van der Waals surface area contributed by atoms with Gasteiger partial charge in [0.2, 0.25) is 0 Å². The fourth-order valence-electron chi connectivity index (χ4n) is 10.5.